The maximum Gasteiger partial charge on any atom is 0.230 e. The molecule has 0 radical (unpaired) electrons. The molecule has 0 aliphatic carbocycles. The number of nitrogens with one attached hydrogen (secondary N) is 1. The van der Waals surface area contributed by atoms with Crippen LogP contribution in [0.5, 0.6) is 0 Å². The minimum Gasteiger partial charge on any atom is -0.354 e. The molecule has 0 spiro atoms. The van der Waals surface area contributed by atoms with Crippen LogP contribution in [0.15, 0.2) is 0 Å². The van der Waals surface area contributed by atoms with Crippen LogP contribution in [0, 0.1) is 0 Å². The van der Waals surface area contributed by atoms with Crippen LogP contribution in [0.1, 0.15) is 19.8 Å². The molecule has 0 aromatic rings. The Morgan fingerprint density at radius 2 is 2.46 bits per heavy atom. The molecule has 13 heavy (non-hydrogen) atoms. The number of hydrogen-bond donors (Lipinski definition) is 1. The van der Waals surface area contributed by atoms with Crippen molar-refractivity contribution in [3.8, 4) is 0 Å². The first-order valence-corrected chi connectivity index (χ1v) is 5.96. The summed E-state index contributed by atoms with van der Waals surface area (Å²) < 4.78 is 0. The number of likely N-dealkylation sites (N-methyl/N-ethyl adjacent to an activating group) is 1. The fourth-order valence-electron chi connectivity index (χ4n) is 1.82. The van der Waals surface area contributed by atoms with Crippen molar-refractivity contribution in [1.82, 2.24) is 10.2 Å². The molecule has 1 atom stereocenters. The number of rotatable bonds is 4. The van der Waals surface area contributed by atoms with E-state index in [1.165, 1.54) is 19.4 Å². The number of carbonyl (C=O) groups excluding carboxylic acids is 1. The molecule has 0 aromatic heterocycles. The standard InChI is InChI=1S/C9H17BrN2O/c1-2-12-5-3-4-8(12)7-11-9(13)6-10/h8H,2-7H2,1H3,(H,11,13). The van der Waals surface area contributed by atoms with Crippen molar-refractivity contribution < 1.29 is 4.79 Å². The van der Waals surface area contributed by atoms with Crippen molar-refractivity contribution in [2.75, 3.05) is 25.0 Å². The first-order chi connectivity index (χ1) is 6.27. The molecule has 1 unspecified atom stereocenters. The number of likely N-dealkylation sites (tertiary alicyclic amines) is 1. The summed E-state index contributed by atoms with van der Waals surface area (Å²) in [4.78, 5) is 13.4. The van der Waals surface area contributed by atoms with Crippen molar-refractivity contribution in [2.45, 2.75) is 25.8 Å². The number of nitrogens with zero attached hydrogens (tertiary/aromatic N) is 1. The van der Waals surface area contributed by atoms with Gasteiger partial charge in [-0.05, 0) is 25.9 Å². The third kappa shape index (κ3) is 3.27. The Kier molecular flexibility index (Phi) is 4.73. The third-order valence-electron chi connectivity index (χ3n) is 2.56. The Morgan fingerprint density at radius 1 is 1.69 bits per heavy atom. The van der Waals surface area contributed by atoms with E-state index >= 15 is 0 Å². The summed E-state index contributed by atoms with van der Waals surface area (Å²) in [6.45, 7) is 5.25. The summed E-state index contributed by atoms with van der Waals surface area (Å²) in [6.07, 6.45) is 2.49. The first-order valence-electron chi connectivity index (χ1n) is 4.84. The zero-order chi connectivity index (χ0) is 9.68. The van der Waals surface area contributed by atoms with E-state index in [0.717, 1.165) is 13.1 Å². The molecule has 1 heterocycles. The van der Waals surface area contributed by atoms with Crippen LogP contribution < -0.4 is 5.32 Å². The minimum atomic E-state index is 0.0861. The minimum absolute atomic E-state index is 0.0861. The molecule has 1 saturated heterocycles. The van der Waals surface area contributed by atoms with Gasteiger partial charge in [0, 0.05) is 12.6 Å². The Morgan fingerprint density at radius 3 is 3.08 bits per heavy atom. The average molecular weight is 249 g/mol. The van der Waals surface area contributed by atoms with Gasteiger partial charge >= 0.3 is 0 Å². The Hall–Kier alpha value is -0.0900. The molecule has 1 rings (SSSR count). The van der Waals surface area contributed by atoms with Crippen LogP contribution in [0.2, 0.25) is 0 Å². The molecule has 0 saturated carbocycles. The van der Waals surface area contributed by atoms with Gasteiger partial charge in [0.1, 0.15) is 0 Å². The zero-order valence-corrected chi connectivity index (χ0v) is 9.64. The van der Waals surface area contributed by atoms with Gasteiger partial charge in [-0.1, -0.05) is 22.9 Å². The summed E-state index contributed by atoms with van der Waals surface area (Å²) >= 11 is 3.13. The summed E-state index contributed by atoms with van der Waals surface area (Å²) in [7, 11) is 0. The topological polar surface area (TPSA) is 32.3 Å². The van der Waals surface area contributed by atoms with E-state index in [-0.39, 0.29) is 5.91 Å². The molecule has 4 heteroatoms. The molecule has 76 valence electrons. The lowest BCUT2D eigenvalue weighted by atomic mass is 10.2. The lowest BCUT2D eigenvalue weighted by Gasteiger charge is -2.22. The SMILES string of the molecule is CCN1CCCC1CNC(=O)CBr. The van der Waals surface area contributed by atoms with Crippen LogP contribution in [-0.4, -0.2) is 41.8 Å². The lowest BCUT2D eigenvalue weighted by molar-refractivity contribution is -0.118. The van der Waals surface area contributed by atoms with Gasteiger partial charge in [0.05, 0.1) is 5.33 Å². The lowest BCUT2D eigenvalue weighted by Crippen LogP contribution is -2.40. The zero-order valence-electron chi connectivity index (χ0n) is 8.05. The van der Waals surface area contributed by atoms with Gasteiger partial charge < -0.3 is 5.32 Å². The molecule has 0 aromatic carbocycles. The number of hydrogen-bond acceptors (Lipinski definition) is 2. The second-order valence-electron chi connectivity index (χ2n) is 3.36. The van der Waals surface area contributed by atoms with Gasteiger partial charge in [-0.25, -0.2) is 0 Å². The number of halogens is 1. The van der Waals surface area contributed by atoms with Crippen LogP contribution in [-0.2, 0) is 4.79 Å². The van der Waals surface area contributed by atoms with Crippen molar-refractivity contribution in [3.63, 3.8) is 0 Å². The van der Waals surface area contributed by atoms with Gasteiger partial charge in [0.15, 0.2) is 0 Å². The third-order valence-corrected chi connectivity index (χ3v) is 3.07. The fraction of sp³-hybridized carbons (Fsp3) is 0.889. The summed E-state index contributed by atoms with van der Waals surface area (Å²) in [6, 6.07) is 0.563. The van der Waals surface area contributed by atoms with Crippen LogP contribution in [0.3, 0.4) is 0 Å². The monoisotopic (exact) mass is 248 g/mol. The highest BCUT2D eigenvalue weighted by atomic mass is 79.9. The van der Waals surface area contributed by atoms with Crippen molar-refractivity contribution >= 4 is 21.8 Å². The maximum atomic E-state index is 11.0. The first kappa shape index (κ1) is 11.0. The number of alkyl halides is 1. The highest BCUT2D eigenvalue weighted by Crippen LogP contribution is 2.15. The molecule has 1 amide bonds. The smallest absolute Gasteiger partial charge is 0.230 e. The molecule has 1 aliphatic heterocycles. The van der Waals surface area contributed by atoms with E-state index in [2.05, 4.69) is 33.1 Å². The highest BCUT2D eigenvalue weighted by molar-refractivity contribution is 9.09. The molecule has 1 N–H and O–H groups in total. The van der Waals surface area contributed by atoms with Crippen molar-refractivity contribution in [1.29, 1.82) is 0 Å². The van der Waals surface area contributed by atoms with E-state index in [0.29, 0.717) is 11.4 Å². The largest absolute Gasteiger partial charge is 0.354 e. The number of carbonyl (C=O) groups is 1. The quantitative estimate of drug-likeness (QED) is 0.753. The van der Waals surface area contributed by atoms with Gasteiger partial charge in [-0.15, -0.1) is 0 Å². The van der Waals surface area contributed by atoms with E-state index in [9.17, 15) is 4.79 Å². The van der Waals surface area contributed by atoms with Gasteiger partial charge in [0.2, 0.25) is 5.91 Å². The molecule has 1 aliphatic rings. The van der Waals surface area contributed by atoms with Crippen LogP contribution in [0.25, 0.3) is 0 Å². The van der Waals surface area contributed by atoms with Crippen LogP contribution in [0.4, 0.5) is 0 Å². The summed E-state index contributed by atoms with van der Waals surface area (Å²) in [5.41, 5.74) is 0. The summed E-state index contributed by atoms with van der Waals surface area (Å²) in [5.74, 6) is 0.0861. The second-order valence-corrected chi connectivity index (χ2v) is 3.92. The second kappa shape index (κ2) is 5.60. The fourth-order valence-corrected chi connectivity index (χ4v) is 2.02. The maximum absolute atomic E-state index is 11.0. The van der Waals surface area contributed by atoms with Crippen molar-refractivity contribution in [2.24, 2.45) is 0 Å². The average Bonchev–Trinajstić information content (AvgIpc) is 2.61. The van der Waals surface area contributed by atoms with Crippen LogP contribution >= 0.6 is 15.9 Å². The molecular formula is C9H17BrN2O. The Balaban J connectivity index is 2.23. The van der Waals surface area contributed by atoms with Gasteiger partial charge in [-0.2, -0.15) is 0 Å². The molecule has 1 fully saturated rings. The van der Waals surface area contributed by atoms with E-state index in [1.807, 2.05) is 0 Å². The van der Waals surface area contributed by atoms with Gasteiger partial charge in [0.25, 0.3) is 0 Å². The normalized spacial score (nSPS) is 23.4. The Bertz CT molecular complexity index is 175. The van der Waals surface area contributed by atoms with Gasteiger partial charge in [-0.3, -0.25) is 9.69 Å². The van der Waals surface area contributed by atoms with E-state index < -0.39 is 0 Å². The predicted molar refractivity (Wildman–Crippen MR) is 57.1 cm³/mol. The van der Waals surface area contributed by atoms with Crippen molar-refractivity contribution in [3.05, 3.63) is 0 Å². The highest BCUT2D eigenvalue weighted by Gasteiger charge is 2.22. The molecular weight excluding hydrogens is 232 g/mol. The molecule has 0 bridgehead atoms. The summed E-state index contributed by atoms with van der Waals surface area (Å²) in [5, 5.41) is 3.32. The van der Waals surface area contributed by atoms with E-state index in [4.69, 9.17) is 0 Å². The number of amides is 1. The predicted octanol–water partition coefficient (Wildman–Crippen LogP) is 0.982. The Labute approximate surface area is 88.0 Å². The molecule has 3 nitrogen and oxygen atoms in total. The van der Waals surface area contributed by atoms with E-state index in [1.54, 1.807) is 0 Å².